The Balaban J connectivity index is 1.70. The highest BCUT2D eigenvalue weighted by atomic mass is 79.9. The van der Waals surface area contributed by atoms with Crippen molar-refractivity contribution in [1.82, 2.24) is 9.78 Å². The van der Waals surface area contributed by atoms with Crippen LogP contribution in [0.2, 0.25) is 5.02 Å². The van der Waals surface area contributed by atoms with Gasteiger partial charge < -0.3 is 5.32 Å². The third-order valence-corrected chi connectivity index (χ3v) is 4.17. The van der Waals surface area contributed by atoms with Crippen LogP contribution in [-0.4, -0.2) is 15.7 Å². The maximum Gasteiger partial charge on any atom is 0.256 e. The highest BCUT2D eigenvalue weighted by molar-refractivity contribution is 9.10. The summed E-state index contributed by atoms with van der Waals surface area (Å²) in [6.45, 7) is 0.589. The number of hydrogen-bond donors (Lipinski definition) is 1. The molecule has 0 fully saturated rings. The first-order valence-corrected chi connectivity index (χ1v) is 8.12. The Morgan fingerprint density at radius 1 is 1.22 bits per heavy atom. The normalized spacial score (nSPS) is 10.5. The molecule has 0 aliphatic carbocycles. The van der Waals surface area contributed by atoms with Crippen LogP contribution in [0, 0.1) is 0 Å². The van der Waals surface area contributed by atoms with Gasteiger partial charge in [0.2, 0.25) is 0 Å². The molecule has 1 amide bonds. The highest BCUT2D eigenvalue weighted by Crippen LogP contribution is 2.18. The SMILES string of the molecule is O=C(Nc1cnn(Cc2cccc(Cl)c2)c1)c1ccccc1Br. The molecule has 4 nitrogen and oxygen atoms in total. The molecule has 0 radical (unpaired) electrons. The van der Waals surface area contributed by atoms with Crippen molar-refractivity contribution in [3.05, 3.63) is 81.5 Å². The van der Waals surface area contributed by atoms with E-state index < -0.39 is 0 Å². The van der Waals surface area contributed by atoms with Crippen LogP contribution in [0.1, 0.15) is 15.9 Å². The second-order valence-electron chi connectivity index (χ2n) is 4.99. The maximum atomic E-state index is 12.3. The largest absolute Gasteiger partial charge is 0.319 e. The molecule has 0 saturated heterocycles. The van der Waals surface area contributed by atoms with Crippen molar-refractivity contribution < 1.29 is 4.79 Å². The second kappa shape index (κ2) is 6.98. The number of carbonyl (C=O) groups is 1. The fourth-order valence-electron chi connectivity index (χ4n) is 2.18. The van der Waals surface area contributed by atoms with Crippen LogP contribution in [0.25, 0.3) is 0 Å². The minimum Gasteiger partial charge on any atom is -0.319 e. The van der Waals surface area contributed by atoms with E-state index >= 15 is 0 Å². The van der Waals surface area contributed by atoms with E-state index in [0.717, 1.165) is 10.0 Å². The van der Waals surface area contributed by atoms with Gasteiger partial charge in [0, 0.05) is 15.7 Å². The second-order valence-corrected chi connectivity index (χ2v) is 6.28. The van der Waals surface area contributed by atoms with Crippen molar-refractivity contribution >= 4 is 39.1 Å². The van der Waals surface area contributed by atoms with Crippen molar-refractivity contribution in [2.24, 2.45) is 0 Å². The van der Waals surface area contributed by atoms with Crippen LogP contribution in [0.3, 0.4) is 0 Å². The molecule has 1 aromatic heterocycles. The number of hydrogen-bond acceptors (Lipinski definition) is 2. The summed E-state index contributed by atoms with van der Waals surface area (Å²) in [7, 11) is 0. The smallest absolute Gasteiger partial charge is 0.256 e. The van der Waals surface area contributed by atoms with Crippen LogP contribution in [0.5, 0.6) is 0 Å². The molecule has 0 aliphatic heterocycles. The number of halogens is 2. The lowest BCUT2D eigenvalue weighted by atomic mass is 10.2. The number of anilines is 1. The van der Waals surface area contributed by atoms with E-state index in [0.29, 0.717) is 22.8 Å². The minimum absolute atomic E-state index is 0.181. The standard InChI is InChI=1S/C17H13BrClN3O/c18-16-7-2-1-6-15(16)17(23)21-14-9-20-22(11-14)10-12-4-3-5-13(19)8-12/h1-9,11H,10H2,(H,21,23). The van der Waals surface area contributed by atoms with Gasteiger partial charge in [0.05, 0.1) is 24.0 Å². The van der Waals surface area contributed by atoms with Crippen LogP contribution in [0.4, 0.5) is 5.69 Å². The van der Waals surface area contributed by atoms with Crippen molar-refractivity contribution in [3.8, 4) is 0 Å². The molecule has 1 heterocycles. The molecular weight excluding hydrogens is 378 g/mol. The van der Waals surface area contributed by atoms with Crippen LogP contribution < -0.4 is 5.32 Å². The zero-order valence-electron chi connectivity index (χ0n) is 12.0. The molecule has 3 rings (SSSR count). The Morgan fingerprint density at radius 2 is 2.04 bits per heavy atom. The van der Waals surface area contributed by atoms with Crippen LogP contribution in [-0.2, 0) is 6.54 Å². The predicted octanol–water partition coefficient (Wildman–Crippen LogP) is 4.60. The van der Waals surface area contributed by atoms with Crippen LogP contribution in [0.15, 0.2) is 65.4 Å². The summed E-state index contributed by atoms with van der Waals surface area (Å²) in [5.41, 5.74) is 2.27. The number of benzene rings is 2. The van der Waals surface area contributed by atoms with Gasteiger partial charge >= 0.3 is 0 Å². The van der Waals surface area contributed by atoms with E-state index in [9.17, 15) is 4.79 Å². The first-order chi connectivity index (χ1) is 11.1. The lowest BCUT2D eigenvalue weighted by molar-refractivity contribution is 0.102. The number of aromatic nitrogens is 2. The van der Waals surface area contributed by atoms with Gasteiger partial charge in [0.15, 0.2) is 0 Å². The first kappa shape index (κ1) is 15.8. The van der Waals surface area contributed by atoms with Crippen molar-refractivity contribution in [2.45, 2.75) is 6.54 Å². The van der Waals surface area contributed by atoms with Crippen molar-refractivity contribution in [3.63, 3.8) is 0 Å². The van der Waals surface area contributed by atoms with E-state index in [4.69, 9.17) is 11.6 Å². The summed E-state index contributed by atoms with van der Waals surface area (Å²) < 4.78 is 2.50. The third kappa shape index (κ3) is 4.00. The average Bonchev–Trinajstić information content (AvgIpc) is 2.94. The molecular formula is C17H13BrClN3O. The Morgan fingerprint density at radius 3 is 2.83 bits per heavy atom. The van der Waals surface area contributed by atoms with E-state index in [-0.39, 0.29) is 5.91 Å². The third-order valence-electron chi connectivity index (χ3n) is 3.24. The lowest BCUT2D eigenvalue weighted by Crippen LogP contribution is -2.12. The molecule has 23 heavy (non-hydrogen) atoms. The Hall–Kier alpha value is -2.11. The highest BCUT2D eigenvalue weighted by Gasteiger charge is 2.10. The minimum atomic E-state index is -0.181. The Kier molecular flexibility index (Phi) is 4.79. The van der Waals surface area contributed by atoms with Gasteiger partial charge in [0.1, 0.15) is 0 Å². The summed E-state index contributed by atoms with van der Waals surface area (Å²) in [6, 6.07) is 14.9. The summed E-state index contributed by atoms with van der Waals surface area (Å²) in [5, 5.41) is 7.79. The molecule has 0 bridgehead atoms. The van der Waals surface area contributed by atoms with Crippen LogP contribution >= 0.6 is 27.5 Å². The molecule has 0 unspecified atom stereocenters. The van der Waals surface area contributed by atoms with Crippen molar-refractivity contribution in [2.75, 3.05) is 5.32 Å². The number of nitrogens with one attached hydrogen (secondary N) is 1. The van der Waals surface area contributed by atoms with Gasteiger partial charge in [0.25, 0.3) is 5.91 Å². The molecule has 3 aromatic rings. The molecule has 0 saturated carbocycles. The molecule has 6 heteroatoms. The Bertz CT molecular complexity index is 847. The molecule has 0 spiro atoms. The summed E-state index contributed by atoms with van der Waals surface area (Å²) in [6.07, 6.45) is 3.41. The molecule has 0 aliphatic rings. The zero-order valence-corrected chi connectivity index (χ0v) is 14.4. The molecule has 0 atom stereocenters. The van der Waals surface area contributed by atoms with E-state index in [1.165, 1.54) is 0 Å². The Labute approximate surface area is 147 Å². The lowest BCUT2D eigenvalue weighted by Gasteiger charge is -2.04. The number of nitrogens with zero attached hydrogens (tertiary/aromatic N) is 2. The number of carbonyl (C=O) groups excluding carboxylic acids is 1. The molecule has 1 N–H and O–H groups in total. The fraction of sp³-hybridized carbons (Fsp3) is 0.0588. The van der Waals surface area contributed by atoms with Gasteiger partial charge in [-0.15, -0.1) is 0 Å². The number of amides is 1. The van der Waals surface area contributed by atoms with E-state index in [1.54, 1.807) is 23.1 Å². The zero-order chi connectivity index (χ0) is 16.2. The quantitative estimate of drug-likeness (QED) is 0.708. The predicted molar refractivity (Wildman–Crippen MR) is 94.9 cm³/mol. The number of rotatable bonds is 4. The van der Waals surface area contributed by atoms with Gasteiger partial charge in [-0.1, -0.05) is 35.9 Å². The van der Waals surface area contributed by atoms with E-state index in [1.807, 2.05) is 42.5 Å². The average molecular weight is 391 g/mol. The van der Waals surface area contributed by atoms with Gasteiger partial charge in [-0.2, -0.15) is 5.10 Å². The summed E-state index contributed by atoms with van der Waals surface area (Å²) in [4.78, 5) is 12.3. The first-order valence-electron chi connectivity index (χ1n) is 6.94. The topological polar surface area (TPSA) is 46.9 Å². The van der Waals surface area contributed by atoms with Gasteiger partial charge in [-0.25, -0.2) is 0 Å². The maximum absolute atomic E-state index is 12.3. The molecule has 2 aromatic carbocycles. The van der Waals surface area contributed by atoms with Crippen molar-refractivity contribution in [1.29, 1.82) is 0 Å². The summed E-state index contributed by atoms with van der Waals surface area (Å²) in [5.74, 6) is -0.181. The molecule has 116 valence electrons. The van der Waals surface area contributed by atoms with Gasteiger partial charge in [-0.3, -0.25) is 9.48 Å². The van der Waals surface area contributed by atoms with E-state index in [2.05, 4.69) is 26.3 Å². The summed E-state index contributed by atoms with van der Waals surface area (Å²) >= 11 is 9.35. The fourth-order valence-corrected chi connectivity index (χ4v) is 2.86. The van der Waals surface area contributed by atoms with Gasteiger partial charge in [-0.05, 0) is 45.8 Å². The monoisotopic (exact) mass is 389 g/mol.